The molecular weight excluding hydrogens is 308 g/mol. The summed E-state index contributed by atoms with van der Waals surface area (Å²) in [6.07, 6.45) is 0.473. The Balaban J connectivity index is 2.59. The Hall–Kier alpha value is -1.04. The van der Waals surface area contributed by atoms with E-state index in [4.69, 9.17) is 4.74 Å². The number of pyridine rings is 1. The van der Waals surface area contributed by atoms with Crippen molar-refractivity contribution in [3.63, 3.8) is 0 Å². The van der Waals surface area contributed by atoms with E-state index in [0.29, 0.717) is 16.6 Å². The van der Waals surface area contributed by atoms with Crippen molar-refractivity contribution < 1.29 is 18.3 Å². The van der Waals surface area contributed by atoms with E-state index in [2.05, 4.69) is 20.9 Å². The van der Waals surface area contributed by atoms with E-state index in [1.54, 1.807) is 12.1 Å². The second-order valence-electron chi connectivity index (χ2n) is 4.45. The number of aromatic nitrogens is 1. The highest BCUT2D eigenvalue weighted by Crippen LogP contribution is 2.49. The summed E-state index contributed by atoms with van der Waals surface area (Å²) in [6.45, 7) is 1.89. The van der Waals surface area contributed by atoms with E-state index in [9.17, 15) is 13.6 Å². The number of rotatable bonds is 2. The lowest BCUT2D eigenvalue weighted by molar-refractivity contribution is -0.210. The molecule has 0 bridgehead atoms. The number of halogens is 3. The third-order valence-corrected chi connectivity index (χ3v) is 3.54. The van der Waals surface area contributed by atoms with Gasteiger partial charge in [0.25, 0.3) is 5.92 Å². The molecule has 0 N–H and O–H groups in total. The molecule has 0 aliphatic heterocycles. The minimum atomic E-state index is -3.18. The van der Waals surface area contributed by atoms with Crippen LogP contribution >= 0.6 is 15.9 Å². The lowest BCUT2D eigenvalue weighted by Gasteiger charge is -2.34. The van der Waals surface area contributed by atoms with Gasteiger partial charge in [0.15, 0.2) is 0 Å². The van der Waals surface area contributed by atoms with E-state index >= 15 is 0 Å². The Morgan fingerprint density at radius 2 is 2.22 bits per heavy atom. The summed E-state index contributed by atoms with van der Waals surface area (Å²) in [6, 6.07) is 3.42. The number of fused-ring (bicyclic) bond motifs is 1. The van der Waals surface area contributed by atoms with Crippen molar-refractivity contribution >= 4 is 21.9 Å². The van der Waals surface area contributed by atoms with Gasteiger partial charge in [0.2, 0.25) is 5.60 Å². The molecule has 0 amide bonds. The van der Waals surface area contributed by atoms with E-state index < -0.39 is 17.5 Å². The van der Waals surface area contributed by atoms with Crippen molar-refractivity contribution in [2.24, 2.45) is 0 Å². The number of carbonyl (C=O) groups is 1. The number of alkyl halides is 2. The SMILES string of the molecule is CC(=O)OC1(C(C)(F)F)CCc2ccc(Br)nc21. The minimum Gasteiger partial charge on any atom is -0.446 e. The summed E-state index contributed by atoms with van der Waals surface area (Å²) >= 11 is 3.15. The molecule has 1 aliphatic rings. The number of carbonyl (C=O) groups excluding carboxylic acids is 1. The van der Waals surface area contributed by atoms with E-state index in [0.717, 1.165) is 13.8 Å². The van der Waals surface area contributed by atoms with Gasteiger partial charge in [-0.2, -0.15) is 0 Å². The third-order valence-electron chi connectivity index (χ3n) is 3.10. The Labute approximate surface area is 112 Å². The largest absolute Gasteiger partial charge is 0.446 e. The lowest BCUT2D eigenvalue weighted by Crippen LogP contribution is -2.45. The normalized spacial score (nSPS) is 22.7. The number of esters is 1. The van der Waals surface area contributed by atoms with Gasteiger partial charge in [-0.1, -0.05) is 6.07 Å². The first kappa shape index (κ1) is 13.4. The van der Waals surface area contributed by atoms with Crippen LogP contribution in [0, 0.1) is 0 Å². The molecule has 0 radical (unpaired) electrons. The Kier molecular flexibility index (Phi) is 3.17. The average molecular weight is 320 g/mol. The predicted molar refractivity (Wildman–Crippen MR) is 64.3 cm³/mol. The van der Waals surface area contributed by atoms with Crippen molar-refractivity contribution in [2.45, 2.75) is 38.2 Å². The highest BCUT2D eigenvalue weighted by molar-refractivity contribution is 9.10. The molecule has 3 nitrogen and oxygen atoms in total. The van der Waals surface area contributed by atoms with Gasteiger partial charge in [0.05, 0.1) is 5.69 Å². The summed E-state index contributed by atoms with van der Waals surface area (Å²) in [4.78, 5) is 15.2. The van der Waals surface area contributed by atoms with Crippen LogP contribution in [-0.2, 0) is 21.6 Å². The molecule has 98 valence electrons. The number of hydrogen-bond donors (Lipinski definition) is 0. The van der Waals surface area contributed by atoms with Gasteiger partial charge in [-0.05, 0) is 34.0 Å². The van der Waals surface area contributed by atoms with Crippen LogP contribution in [0.2, 0.25) is 0 Å². The van der Waals surface area contributed by atoms with Gasteiger partial charge in [-0.3, -0.25) is 4.79 Å². The van der Waals surface area contributed by atoms with Gasteiger partial charge in [0, 0.05) is 20.3 Å². The van der Waals surface area contributed by atoms with Gasteiger partial charge in [0.1, 0.15) is 4.60 Å². The molecule has 1 aromatic heterocycles. The first-order valence-corrected chi connectivity index (χ1v) is 6.29. The third kappa shape index (κ3) is 2.02. The molecule has 6 heteroatoms. The molecule has 0 saturated carbocycles. The van der Waals surface area contributed by atoms with Gasteiger partial charge < -0.3 is 4.74 Å². The molecule has 18 heavy (non-hydrogen) atoms. The average Bonchev–Trinajstić information content (AvgIpc) is 2.56. The molecule has 0 saturated heterocycles. The molecular formula is C12H12BrF2NO2. The second kappa shape index (κ2) is 4.26. The summed E-state index contributed by atoms with van der Waals surface area (Å²) < 4.78 is 33.3. The smallest absolute Gasteiger partial charge is 0.303 e. The zero-order valence-electron chi connectivity index (χ0n) is 9.97. The van der Waals surface area contributed by atoms with Crippen LogP contribution in [0.1, 0.15) is 31.5 Å². The summed E-state index contributed by atoms with van der Waals surface area (Å²) in [7, 11) is 0. The van der Waals surface area contributed by atoms with Gasteiger partial charge in [-0.15, -0.1) is 0 Å². The van der Waals surface area contributed by atoms with Crippen LogP contribution in [0.15, 0.2) is 16.7 Å². The fourth-order valence-electron chi connectivity index (χ4n) is 2.31. The van der Waals surface area contributed by atoms with Crippen LogP contribution in [0.25, 0.3) is 0 Å². The van der Waals surface area contributed by atoms with Crippen molar-refractivity contribution in [1.82, 2.24) is 4.98 Å². The number of aryl methyl sites for hydroxylation is 1. The van der Waals surface area contributed by atoms with Crippen molar-refractivity contribution in [2.75, 3.05) is 0 Å². The number of hydrogen-bond acceptors (Lipinski definition) is 3. The van der Waals surface area contributed by atoms with Crippen LogP contribution in [0.4, 0.5) is 8.78 Å². The predicted octanol–water partition coefficient (Wildman–Crippen LogP) is 3.20. The molecule has 1 aliphatic carbocycles. The standard InChI is InChI=1S/C12H12BrF2NO2/c1-7(17)18-12(11(2,14)15)6-5-8-3-4-9(13)16-10(8)12/h3-4H,5-6H2,1-2H3. The maximum absolute atomic E-state index is 13.9. The fourth-order valence-corrected chi connectivity index (χ4v) is 2.62. The van der Waals surface area contributed by atoms with Crippen LogP contribution < -0.4 is 0 Å². The Morgan fingerprint density at radius 3 is 2.78 bits per heavy atom. The first-order chi connectivity index (χ1) is 8.26. The maximum Gasteiger partial charge on any atom is 0.303 e. The molecule has 2 rings (SSSR count). The topological polar surface area (TPSA) is 39.2 Å². The zero-order chi connectivity index (χ0) is 13.6. The quantitative estimate of drug-likeness (QED) is 0.620. The molecule has 0 aromatic carbocycles. The monoisotopic (exact) mass is 319 g/mol. The molecule has 1 unspecified atom stereocenters. The highest BCUT2D eigenvalue weighted by atomic mass is 79.9. The first-order valence-electron chi connectivity index (χ1n) is 5.49. The zero-order valence-corrected chi connectivity index (χ0v) is 11.6. The molecule has 1 aromatic rings. The minimum absolute atomic E-state index is 0.0505. The van der Waals surface area contributed by atoms with Gasteiger partial charge in [-0.25, -0.2) is 13.8 Å². The van der Waals surface area contributed by atoms with Crippen molar-refractivity contribution in [3.8, 4) is 0 Å². The van der Waals surface area contributed by atoms with Crippen molar-refractivity contribution in [3.05, 3.63) is 28.0 Å². The van der Waals surface area contributed by atoms with Gasteiger partial charge >= 0.3 is 5.97 Å². The van der Waals surface area contributed by atoms with E-state index in [1.807, 2.05) is 0 Å². The fraction of sp³-hybridized carbons (Fsp3) is 0.500. The molecule has 0 fully saturated rings. The summed E-state index contributed by atoms with van der Waals surface area (Å²) in [5, 5.41) is 0. The second-order valence-corrected chi connectivity index (χ2v) is 5.26. The number of nitrogens with zero attached hydrogens (tertiary/aromatic N) is 1. The highest BCUT2D eigenvalue weighted by Gasteiger charge is 2.59. The number of ether oxygens (including phenoxy) is 1. The van der Waals surface area contributed by atoms with Crippen LogP contribution in [0.5, 0.6) is 0 Å². The lowest BCUT2D eigenvalue weighted by atomic mass is 9.93. The Bertz CT molecular complexity index is 501. The summed E-state index contributed by atoms with van der Waals surface area (Å²) in [5.74, 6) is -3.91. The van der Waals surface area contributed by atoms with E-state index in [1.165, 1.54) is 0 Å². The maximum atomic E-state index is 13.9. The molecule has 0 spiro atoms. The summed E-state index contributed by atoms with van der Waals surface area (Å²) in [5.41, 5.74) is -1.10. The molecule has 1 heterocycles. The van der Waals surface area contributed by atoms with Crippen molar-refractivity contribution in [1.29, 1.82) is 0 Å². The Morgan fingerprint density at radius 1 is 1.56 bits per heavy atom. The molecule has 1 atom stereocenters. The van der Waals surface area contributed by atoms with Crippen LogP contribution in [-0.4, -0.2) is 16.9 Å². The van der Waals surface area contributed by atoms with Crippen LogP contribution in [0.3, 0.4) is 0 Å². The van der Waals surface area contributed by atoms with E-state index in [-0.39, 0.29) is 12.1 Å².